The van der Waals surface area contributed by atoms with Crippen LogP contribution in [0, 0.1) is 5.92 Å². The van der Waals surface area contributed by atoms with E-state index < -0.39 is 0 Å². The Balaban J connectivity index is 2.76. The first-order chi connectivity index (χ1) is 7.22. The van der Waals surface area contributed by atoms with Crippen LogP contribution in [0.3, 0.4) is 0 Å². The van der Waals surface area contributed by atoms with Crippen LogP contribution in [-0.4, -0.2) is 20.6 Å². The molecule has 0 radical (unpaired) electrons. The molecule has 1 heterocycles. The van der Waals surface area contributed by atoms with E-state index in [-0.39, 0.29) is 0 Å². The SMILES string of the molecule is CCC(CNC)C(NC)c1ccc(Cl)s1. The summed E-state index contributed by atoms with van der Waals surface area (Å²) in [5, 5.41) is 6.62. The maximum Gasteiger partial charge on any atom is 0.0931 e. The van der Waals surface area contributed by atoms with Crippen LogP contribution < -0.4 is 10.6 Å². The highest BCUT2D eigenvalue weighted by Gasteiger charge is 2.20. The smallest absolute Gasteiger partial charge is 0.0931 e. The third-order valence-electron chi connectivity index (χ3n) is 2.67. The van der Waals surface area contributed by atoms with Crippen molar-refractivity contribution in [3.05, 3.63) is 21.3 Å². The summed E-state index contributed by atoms with van der Waals surface area (Å²) in [6, 6.07) is 4.49. The Morgan fingerprint density at radius 2 is 2.13 bits per heavy atom. The highest BCUT2D eigenvalue weighted by Crippen LogP contribution is 2.31. The van der Waals surface area contributed by atoms with Gasteiger partial charge in [0.1, 0.15) is 0 Å². The number of hydrogen-bond donors (Lipinski definition) is 2. The lowest BCUT2D eigenvalue weighted by Gasteiger charge is -2.24. The molecular formula is C11H19ClN2S. The molecular weight excluding hydrogens is 228 g/mol. The first-order valence-corrected chi connectivity index (χ1v) is 6.49. The molecule has 0 aliphatic rings. The highest BCUT2D eigenvalue weighted by molar-refractivity contribution is 7.16. The second-order valence-electron chi connectivity index (χ2n) is 3.63. The van der Waals surface area contributed by atoms with Crippen molar-refractivity contribution >= 4 is 22.9 Å². The summed E-state index contributed by atoms with van der Waals surface area (Å²) in [7, 11) is 4.01. The molecule has 1 rings (SSSR count). The lowest BCUT2D eigenvalue weighted by atomic mass is 9.95. The van der Waals surface area contributed by atoms with Crippen LogP contribution in [0.2, 0.25) is 4.34 Å². The Morgan fingerprint density at radius 1 is 1.40 bits per heavy atom. The molecule has 2 N–H and O–H groups in total. The second kappa shape index (κ2) is 6.48. The van der Waals surface area contributed by atoms with Gasteiger partial charge in [-0.3, -0.25) is 0 Å². The molecule has 2 nitrogen and oxygen atoms in total. The molecule has 1 aromatic rings. The molecule has 2 atom stereocenters. The first-order valence-electron chi connectivity index (χ1n) is 5.30. The fraction of sp³-hybridized carbons (Fsp3) is 0.636. The van der Waals surface area contributed by atoms with Crippen LogP contribution >= 0.6 is 22.9 Å². The summed E-state index contributed by atoms with van der Waals surface area (Å²) < 4.78 is 0.865. The minimum atomic E-state index is 0.403. The molecule has 15 heavy (non-hydrogen) atoms. The minimum Gasteiger partial charge on any atom is -0.319 e. The summed E-state index contributed by atoms with van der Waals surface area (Å²) in [6.45, 7) is 3.25. The van der Waals surface area contributed by atoms with Gasteiger partial charge in [0.25, 0.3) is 0 Å². The molecule has 0 aliphatic heterocycles. The van der Waals surface area contributed by atoms with Crippen LogP contribution in [0.5, 0.6) is 0 Å². The summed E-state index contributed by atoms with van der Waals surface area (Å²) in [4.78, 5) is 1.32. The fourth-order valence-electron chi connectivity index (χ4n) is 1.87. The van der Waals surface area contributed by atoms with E-state index in [1.165, 1.54) is 4.88 Å². The third-order valence-corrected chi connectivity index (χ3v) is 3.99. The van der Waals surface area contributed by atoms with E-state index >= 15 is 0 Å². The van der Waals surface area contributed by atoms with Gasteiger partial charge in [-0.25, -0.2) is 0 Å². The zero-order valence-corrected chi connectivity index (χ0v) is 11.1. The van der Waals surface area contributed by atoms with Crippen LogP contribution in [0.4, 0.5) is 0 Å². The molecule has 86 valence electrons. The zero-order chi connectivity index (χ0) is 11.3. The van der Waals surface area contributed by atoms with Crippen molar-refractivity contribution in [1.29, 1.82) is 0 Å². The van der Waals surface area contributed by atoms with Gasteiger partial charge >= 0.3 is 0 Å². The molecule has 0 saturated heterocycles. The van der Waals surface area contributed by atoms with Crippen LogP contribution in [-0.2, 0) is 0 Å². The third kappa shape index (κ3) is 3.45. The molecule has 0 bridgehead atoms. The summed E-state index contributed by atoms with van der Waals surface area (Å²) in [5.74, 6) is 0.606. The normalized spacial score (nSPS) is 15.2. The molecule has 0 aromatic carbocycles. The lowest BCUT2D eigenvalue weighted by molar-refractivity contribution is 0.364. The molecule has 0 fully saturated rings. The van der Waals surface area contributed by atoms with Crippen molar-refractivity contribution in [2.45, 2.75) is 19.4 Å². The van der Waals surface area contributed by atoms with Crippen LogP contribution in [0.1, 0.15) is 24.3 Å². The minimum absolute atomic E-state index is 0.403. The highest BCUT2D eigenvalue weighted by atomic mass is 35.5. The van der Waals surface area contributed by atoms with E-state index in [0.717, 1.165) is 17.3 Å². The van der Waals surface area contributed by atoms with E-state index in [9.17, 15) is 0 Å². The van der Waals surface area contributed by atoms with Crippen molar-refractivity contribution in [1.82, 2.24) is 10.6 Å². The summed E-state index contributed by atoms with van der Waals surface area (Å²) >= 11 is 7.63. The molecule has 2 unspecified atom stereocenters. The zero-order valence-electron chi connectivity index (χ0n) is 9.51. The van der Waals surface area contributed by atoms with Crippen molar-refractivity contribution in [2.24, 2.45) is 5.92 Å². The van der Waals surface area contributed by atoms with Gasteiger partial charge in [-0.15, -0.1) is 11.3 Å². The monoisotopic (exact) mass is 246 g/mol. The predicted octanol–water partition coefficient (Wildman–Crippen LogP) is 2.91. The number of rotatable bonds is 6. The second-order valence-corrected chi connectivity index (χ2v) is 5.38. The van der Waals surface area contributed by atoms with Crippen molar-refractivity contribution in [3.63, 3.8) is 0 Å². The van der Waals surface area contributed by atoms with Gasteiger partial charge in [-0.2, -0.15) is 0 Å². The van der Waals surface area contributed by atoms with Gasteiger partial charge in [0.2, 0.25) is 0 Å². The summed E-state index contributed by atoms with van der Waals surface area (Å²) in [6.07, 6.45) is 1.15. The first kappa shape index (κ1) is 13.0. The van der Waals surface area contributed by atoms with Crippen molar-refractivity contribution < 1.29 is 0 Å². The predicted molar refractivity (Wildman–Crippen MR) is 68.8 cm³/mol. The quantitative estimate of drug-likeness (QED) is 0.807. The Morgan fingerprint density at radius 3 is 2.53 bits per heavy atom. The van der Waals surface area contributed by atoms with Crippen molar-refractivity contribution in [3.8, 4) is 0 Å². The van der Waals surface area contributed by atoms with Crippen LogP contribution in [0.15, 0.2) is 12.1 Å². The average molecular weight is 247 g/mol. The van der Waals surface area contributed by atoms with Crippen LogP contribution in [0.25, 0.3) is 0 Å². The van der Waals surface area contributed by atoms with Gasteiger partial charge in [0, 0.05) is 10.9 Å². The van der Waals surface area contributed by atoms with Gasteiger partial charge in [0.15, 0.2) is 0 Å². The van der Waals surface area contributed by atoms with Gasteiger partial charge in [0.05, 0.1) is 4.34 Å². The number of halogens is 1. The van der Waals surface area contributed by atoms with Gasteiger partial charge in [-0.05, 0) is 38.7 Å². The lowest BCUT2D eigenvalue weighted by Crippen LogP contribution is -2.31. The molecule has 0 aliphatic carbocycles. The van der Waals surface area contributed by atoms with E-state index in [1.54, 1.807) is 11.3 Å². The molecule has 0 amide bonds. The fourth-order valence-corrected chi connectivity index (χ4v) is 3.13. The van der Waals surface area contributed by atoms with Crippen molar-refractivity contribution in [2.75, 3.05) is 20.6 Å². The molecule has 4 heteroatoms. The van der Waals surface area contributed by atoms with E-state index in [4.69, 9.17) is 11.6 Å². The number of nitrogens with one attached hydrogen (secondary N) is 2. The number of hydrogen-bond acceptors (Lipinski definition) is 3. The largest absolute Gasteiger partial charge is 0.319 e. The standard InChI is InChI=1S/C11H19ClN2S/c1-4-8(7-13-2)11(14-3)9-5-6-10(12)15-9/h5-6,8,11,13-14H,4,7H2,1-3H3. The average Bonchev–Trinajstić information content (AvgIpc) is 2.64. The Bertz CT molecular complexity index is 288. The topological polar surface area (TPSA) is 24.1 Å². The molecule has 0 spiro atoms. The Kier molecular flexibility index (Phi) is 5.61. The Hall–Kier alpha value is -0.0900. The molecule has 1 aromatic heterocycles. The van der Waals surface area contributed by atoms with E-state index in [2.05, 4.69) is 23.6 Å². The van der Waals surface area contributed by atoms with Gasteiger partial charge < -0.3 is 10.6 Å². The van der Waals surface area contributed by atoms with E-state index in [1.807, 2.05) is 20.2 Å². The van der Waals surface area contributed by atoms with Gasteiger partial charge in [-0.1, -0.05) is 24.9 Å². The maximum atomic E-state index is 5.96. The Labute approximate surface area is 101 Å². The number of thiophene rings is 1. The van der Waals surface area contributed by atoms with E-state index in [0.29, 0.717) is 12.0 Å². The summed E-state index contributed by atoms with van der Waals surface area (Å²) in [5.41, 5.74) is 0. The molecule has 0 saturated carbocycles. The maximum absolute atomic E-state index is 5.96.